The van der Waals surface area contributed by atoms with Gasteiger partial charge in [-0.15, -0.1) is 11.3 Å². The summed E-state index contributed by atoms with van der Waals surface area (Å²) < 4.78 is 2.69. The molecule has 9 aromatic carbocycles. The lowest BCUT2D eigenvalue weighted by Crippen LogP contribution is -2.00. The van der Waals surface area contributed by atoms with E-state index in [2.05, 4.69) is 103 Å². The van der Waals surface area contributed by atoms with E-state index in [-0.39, 0.29) is 0 Å². The molecule has 0 amide bonds. The lowest BCUT2D eigenvalue weighted by atomic mass is 9.91. The van der Waals surface area contributed by atoms with Crippen molar-refractivity contribution in [3.05, 3.63) is 164 Å². The van der Waals surface area contributed by atoms with Crippen molar-refractivity contribution in [1.82, 2.24) is 15.0 Å². The van der Waals surface area contributed by atoms with Crippen molar-refractivity contribution < 1.29 is 0 Å². The Morgan fingerprint density at radius 1 is 0.275 bits per heavy atom. The summed E-state index contributed by atoms with van der Waals surface area (Å²) in [6.45, 7) is 0. The molecule has 2 heterocycles. The molecule has 0 saturated carbocycles. The van der Waals surface area contributed by atoms with Crippen molar-refractivity contribution >= 4 is 85.4 Å². The number of thiophene rings is 1. The van der Waals surface area contributed by atoms with Crippen molar-refractivity contribution in [2.45, 2.75) is 0 Å². The predicted molar refractivity (Wildman–Crippen MR) is 217 cm³/mol. The van der Waals surface area contributed by atoms with Gasteiger partial charge in [0.2, 0.25) is 0 Å². The minimum atomic E-state index is 0.660. The molecule has 2 aromatic heterocycles. The summed E-state index contributed by atoms with van der Waals surface area (Å²) >= 11 is 1.93. The van der Waals surface area contributed by atoms with Crippen LogP contribution in [0.15, 0.2) is 164 Å². The molecule has 11 aromatic rings. The maximum absolute atomic E-state index is 5.04. The van der Waals surface area contributed by atoms with E-state index in [1.54, 1.807) is 0 Å². The SMILES string of the molecule is c1ccc(-c2nc(-c3ccccc3)nc(-c3ccc4c(c3)c3ccccc3c3c4ccc4c3sc3c5ccccc5c5ccccc5c43)n2)cc1. The van der Waals surface area contributed by atoms with Crippen LogP contribution in [0.1, 0.15) is 0 Å². The zero-order valence-electron chi connectivity index (χ0n) is 27.3. The summed E-state index contributed by atoms with van der Waals surface area (Å²) in [6, 6.07) is 58.3. The molecule has 0 fully saturated rings. The molecule has 11 rings (SSSR count). The first-order valence-electron chi connectivity index (χ1n) is 17.2. The molecule has 236 valence electrons. The first-order valence-corrected chi connectivity index (χ1v) is 18.0. The molecular formula is C47H27N3S. The van der Waals surface area contributed by atoms with Crippen LogP contribution in [0.2, 0.25) is 0 Å². The van der Waals surface area contributed by atoms with Gasteiger partial charge in [-0.05, 0) is 49.2 Å². The number of benzene rings is 9. The molecular weight excluding hydrogens is 639 g/mol. The molecule has 4 heteroatoms. The summed E-state index contributed by atoms with van der Waals surface area (Å²) in [5.74, 6) is 1.98. The quantitative estimate of drug-likeness (QED) is 0.176. The summed E-state index contributed by atoms with van der Waals surface area (Å²) in [7, 11) is 0. The average Bonchev–Trinajstić information content (AvgIpc) is 3.62. The Labute approximate surface area is 297 Å². The fourth-order valence-electron chi connectivity index (χ4n) is 7.98. The molecule has 0 aliphatic carbocycles. The third-order valence-electron chi connectivity index (χ3n) is 10.3. The summed E-state index contributed by atoms with van der Waals surface area (Å²) in [5, 5.41) is 15.4. The van der Waals surface area contributed by atoms with Crippen molar-refractivity contribution in [1.29, 1.82) is 0 Å². The second-order valence-corrected chi connectivity index (χ2v) is 14.1. The Kier molecular flexibility index (Phi) is 6.12. The maximum Gasteiger partial charge on any atom is 0.164 e. The number of rotatable bonds is 3. The van der Waals surface area contributed by atoms with Crippen molar-refractivity contribution in [2.24, 2.45) is 0 Å². The van der Waals surface area contributed by atoms with Crippen LogP contribution in [-0.2, 0) is 0 Å². The smallest absolute Gasteiger partial charge is 0.164 e. The minimum absolute atomic E-state index is 0.660. The van der Waals surface area contributed by atoms with Gasteiger partial charge in [-0.25, -0.2) is 15.0 Å². The van der Waals surface area contributed by atoms with Gasteiger partial charge in [-0.2, -0.15) is 0 Å². The molecule has 0 unspecified atom stereocenters. The molecule has 0 atom stereocenters. The fourth-order valence-corrected chi connectivity index (χ4v) is 9.39. The molecule has 0 N–H and O–H groups in total. The molecule has 0 bridgehead atoms. The van der Waals surface area contributed by atoms with Crippen LogP contribution in [0.25, 0.3) is 108 Å². The normalized spacial score (nSPS) is 11.9. The Bertz CT molecular complexity index is 3110. The third kappa shape index (κ3) is 4.27. The van der Waals surface area contributed by atoms with E-state index in [0.717, 1.165) is 16.7 Å². The van der Waals surface area contributed by atoms with Gasteiger partial charge in [0.15, 0.2) is 17.5 Å². The van der Waals surface area contributed by atoms with E-state index in [0.29, 0.717) is 17.5 Å². The van der Waals surface area contributed by atoms with Gasteiger partial charge in [0, 0.05) is 47.6 Å². The minimum Gasteiger partial charge on any atom is -0.208 e. The maximum atomic E-state index is 5.04. The number of hydrogen-bond donors (Lipinski definition) is 0. The zero-order valence-corrected chi connectivity index (χ0v) is 28.2. The first kappa shape index (κ1) is 28.4. The van der Waals surface area contributed by atoms with Gasteiger partial charge in [0.25, 0.3) is 0 Å². The molecule has 51 heavy (non-hydrogen) atoms. The second-order valence-electron chi connectivity index (χ2n) is 13.1. The van der Waals surface area contributed by atoms with E-state index in [1.807, 2.05) is 72.0 Å². The van der Waals surface area contributed by atoms with Gasteiger partial charge >= 0.3 is 0 Å². The largest absolute Gasteiger partial charge is 0.208 e. The van der Waals surface area contributed by atoms with Crippen LogP contribution in [-0.4, -0.2) is 15.0 Å². The number of fused-ring (bicyclic) bond motifs is 15. The third-order valence-corrected chi connectivity index (χ3v) is 11.5. The molecule has 0 saturated heterocycles. The topological polar surface area (TPSA) is 38.7 Å². The highest BCUT2D eigenvalue weighted by atomic mass is 32.1. The van der Waals surface area contributed by atoms with Crippen molar-refractivity contribution in [3.8, 4) is 34.2 Å². The second kappa shape index (κ2) is 11.0. The average molecular weight is 666 g/mol. The summed E-state index contributed by atoms with van der Waals surface area (Å²) in [4.78, 5) is 15.0. The molecule has 0 aliphatic rings. The van der Waals surface area contributed by atoms with Crippen LogP contribution >= 0.6 is 11.3 Å². The number of hydrogen-bond acceptors (Lipinski definition) is 4. The lowest BCUT2D eigenvalue weighted by molar-refractivity contribution is 1.07. The Morgan fingerprint density at radius 2 is 0.647 bits per heavy atom. The highest BCUT2D eigenvalue weighted by molar-refractivity contribution is 7.28. The van der Waals surface area contributed by atoms with Gasteiger partial charge in [-0.1, -0.05) is 158 Å². The van der Waals surface area contributed by atoms with Crippen LogP contribution < -0.4 is 0 Å². The van der Waals surface area contributed by atoms with E-state index in [4.69, 9.17) is 15.0 Å². The van der Waals surface area contributed by atoms with Crippen LogP contribution in [0.3, 0.4) is 0 Å². The highest BCUT2D eigenvalue weighted by Gasteiger charge is 2.19. The lowest BCUT2D eigenvalue weighted by Gasteiger charge is -2.13. The molecule has 0 radical (unpaired) electrons. The standard InChI is InChI=1S/C47H27N3S/c1-3-13-28(14-4-1)45-48-46(29-15-5-2-6-16-29)50-47(49-45)30-23-24-34-37-25-26-39-42-35-20-10-7-17-31(35)32-18-9-12-22-38(32)43(42)51-44(39)41(37)36-21-11-8-19-33(36)40(34)27-30/h1-27H. The zero-order chi connectivity index (χ0) is 33.5. The van der Waals surface area contributed by atoms with E-state index < -0.39 is 0 Å². The van der Waals surface area contributed by atoms with Crippen molar-refractivity contribution in [2.75, 3.05) is 0 Å². The predicted octanol–water partition coefficient (Wildman–Crippen LogP) is 13.0. The fraction of sp³-hybridized carbons (Fsp3) is 0. The van der Waals surface area contributed by atoms with E-state index in [9.17, 15) is 0 Å². The van der Waals surface area contributed by atoms with Crippen molar-refractivity contribution in [3.63, 3.8) is 0 Å². The molecule has 3 nitrogen and oxygen atoms in total. The number of nitrogens with zero attached hydrogens (tertiary/aromatic N) is 3. The monoisotopic (exact) mass is 665 g/mol. The summed E-state index contributed by atoms with van der Waals surface area (Å²) in [5.41, 5.74) is 2.89. The Balaban J connectivity index is 1.20. The van der Waals surface area contributed by atoms with E-state index in [1.165, 1.54) is 74.0 Å². The Hall–Kier alpha value is -6.49. The van der Waals surface area contributed by atoms with Crippen LogP contribution in [0, 0.1) is 0 Å². The summed E-state index contributed by atoms with van der Waals surface area (Å²) in [6.07, 6.45) is 0. The van der Waals surface area contributed by atoms with Gasteiger partial charge in [-0.3, -0.25) is 0 Å². The van der Waals surface area contributed by atoms with Gasteiger partial charge in [0.05, 0.1) is 0 Å². The van der Waals surface area contributed by atoms with E-state index >= 15 is 0 Å². The van der Waals surface area contributed by atoms with Crippen LogP contribution in [0.5, 0.6) is 0 Å². The first-order chi connectivity index (χ1) is 25.3. The Morgan fingerprint density at radius 3 is 1.25 bits per heavy atom. The highest BCUT2D eigenvalue weighted by Crippen LogP contribution is 2.48. The molecule has 0 spiro atoms. The van der Waals surface area contributed by atoms with Gasteiger partial charge < -0.3 is 0 Å². The van der Waals surface area contributed by atoms with Crippen LogP contribution in [0.4, 0.5) is 0 Å². The molecule has 0 aliphatic heterocycles. The van der Waals surface area contributed by atoms with Gasteiger partial charge in [0.1, 0.15) is 0 Å². The number of aromatic nitrogens is 3.